The van der Waals surface area contributed by atoms with Gasteiger partial charge in [0.15, 0.2) is 0 Å². The monoisotopic (exact) mass is 256 g/mol. The molecule has 1 unspecified atom stereocenters. The zero-order chi connectivity index (χ0) is 13.8. The summed E-state index contributed by atoms with van der Waals surface area (Å²) in [6.45, 7) is 8.35. The van der Waals surface area contributed by atoms with Crippen molar-refractivity contribution in [2.45, 2.75) is 91.6 Å². The zero-order valence-corrected chi connectivity index (χ0v) is 12.8. The highest BCUT2D eigenvalue weighted by molar-refractivity contribution is 5.72. The molecule has 0 amide bonds. The van der Waals surface area contributed by atoms with Gasteiger partial charge >= 0.3 is 5.97 Å². The van der Waals surface area contributed by atoms with Crippen molar-refractivity contribution in [3.8, 4) is 0 Å². The fourth-order valence-corrected chi connectivity index (χ4v) is 2.19. The van der Waals surface area contributed by atoms with Gasteiger partial charge in [0, 0.05) is 0 Å². The Kier molecular flexibility index (Phi) is 11.2. The number of hydrogen-bond acceptors (Lipinski definition) is 2. The smallest absolute Gasteiger partial charge is 0.309 e. The molecule has 0 aromatic carbocycles. The molecule has 0 fully saturated rings. The van der Waals surface area contributed by atoms with Crippen LogP contribution in [0.5, 0.6) is 0 Å². The van der Waals surface area contributed by atoms with E-state index in [0.29, 0.717) is 0 Å². The lowest BCUT2D eigenvalue weighted by atomic mass is 10.0. The standard InChI is InChI=1S/C16H32O2/c1-5-8-9-10-11-12-13-14(4)18-16(17)15(6-2)7-3/h14-15H,5-13H2,1-4H3. The fourth-order valence-electron chi connectivity index (χ4n) is 2.19. The molecule has 0 radical (unpaired) electrons. The molecule has 0 aliphatic heterocycles. The Morgan fingerprint density at radius 2 is 1.50 bits per heavy atom. The van der Waals surface area contributed by atoms with Crippen LogP contribution < -0.4 is 0 Å². The van der Waals surface area contributed by atoms with E-state index in [1.165, 1.54) is 38.5 Å². The highest BCUT2D eigenvalue weighted by atomic mass is 16.5. The van der Waals surface area contributed by atoms with E-state index in [2.05, 4.69) is 6.92 Å². The normalized spacial score (nSPS) is 12.7. The number of ether oxygens (including phenoxy) is 1. The lowest BCUT2D eigenvalue weighted by molar-refractivity contribution is -0.153. The minimum Gasteiger partial charge on any atom is -0.462 e. The molecule has 18 heavy (non-hydrogen) atoms. The predicted octanol–water partition coefficient (Wildman–Crippen LogP) is 5.10. The first-order chi connectivity index (χ1) is 8.65. The summed E-state index contributed by atoms with van der Waals surface area (Å²) in [6, 6.07) is 0. The van der Waals surface area contributed by atoms with Crippen LogP contribution in [0.2, 0.25) is 0 Å². The molecule has 0 saturated carbocycles. The van der Waals surface area contributed by atoms with Crippen molar-refractivity contribution in [1.29, 1.82) is 0 Å². The molecule has 0 bridgehead atoms. The van der Waals surface area contributed by atoms with Crippen LogP contribution in [0.4, 0.5) is 0 Å². The minimum absolute atomic E-state index is 0.00140. The maximum atomic E-state index is 11.8. The summed E-state index contributed by atoms with van der Waals surface area (Å²) in [5.74, 6) is 0.0930. The average molecular weight is 256 g/mol. The van der Waals surface area contributed by atoms with Gasteiger partial charge in [-0.2, -0.15) is 0 Å². The van der Waals surface area contributed by atoms with Gasteiger partial charge in [0.1, 0.15) is 0 Å². The van der Waals surface area contributed by atoms with Gasteiger partial charge in [0.25, 0.3) is 0 Å². The number of esters is 1. The third-order valence-corrected chi connectivity index (χ3v) is 3.60. The molecule has 1 atom stereocenters. The Morgan fingerprint density at radius 1 is 0.944 bits per heavy atom. The summed E-state index contributed by atoms with van der Waals surface area (Å²) in [7, 11) is 0. The molecule has 0 aliphatic rings. The number of hydrogen-bond donors (Lipinski definition) is 0. The fraction of sp³-hybridized carbons (Fsp3) is 0.938. The van der Waals surface area contributed by atoms with Crippen molar-refractivity contribution >= 4 is 5.97 Å². The van der Waals surface area contributed by atoms with Gasteiger partial charge in [0.2, 0.25) is 0 Å². The topological polar surface area (TPSA) is 26.3 Å². The van der Waals surface area contributed by atoms with E-state index in [4.69, 9.17) is 4.74 Å². The highest BCUT2D eigenvalue weighted by Crippen LogP contribution is 2.14. The number of unbranched alkanes of at least 4 members (excludes halogenated alkanes) is 5. The third-order valence-electron chi connectivity index (χ3n) is 3.60. The quantitative estimate of drug-likeness (QED) is 0.379. The van der Waals surface area contributed by atoms with Crippen molar-refractivity contribution in [1.82, 2.24) is 0 Å². The van der Waals surface area contributed by atoms with E-state index < -0.39 is 0 Å². The molecular weight excluding hydrogens is 224 g/mol. The van der Waals surface area contributed by atoms with E-state index in [9.17, 15) is 4.79 Å². The summed E-state index contributed by atoms with van der Waals surface area (Å²) in [5.41, 5.74) is 0. The first kappa shape index (κ1) is 17.5. The average Bonchev–Trinajstić information content (AvgIpc) is 2.35. The summed E-state index contributed by atoms with van der Waals surface area (Å²) >= 11 is 0. The Hall–Kier alpha value is -0.530. The van der Waals surface area contributed by atoms with E-state index in [0.717, 1.165) is 19.3 Å². The van der Waals surface area contributed by atoms with Crippen molar-refractivity contribution in [3.63, 3.8) is 0 Å². The summed E-state index contributed by atoms with van der Waals surface area (Å²) < 4.78 is 5.48. The summed E-state index contributed by atoms with van der Waals surface area (Å²) in [6.07, 6.45) is 10.6. The van der Waals surface area contributed by atoms with Gasteiger partial charge in [-0.05, 0) is 32.6 Å². The molecule has 0 rings (SSSR count). The summed E-state index contributed by atoms with van der Waals surface area (Å²) in [5, 5.41) is 0. The van der Waals surface area contributed by atoms with Gasteiger partial charge in [-0.1, -0.05) is 52.9 Å². The van der Waals surface area contributed by atoms with Crippen LogP contribution in [-0.2, 0) is 9.53 Å². The largest absolute Gasteiger partial charge is 0.462 e. The third kappa shape index (κ3) is 8.54. The Bertz CT molecular complexity index is 197. The maximum absolute atomic E-state index is 11.8. The van der Waals surface area contributed by atoms with Crippen molar-refractivity contribution in [3.05, 3.63) is 0 Å². The lowest BCUT2D eigenvalue weighted by Gasteiger charge is -2.17. The summed E-state index contributed by atoms with van der Waals surface area (Å²) in [4.78, 5) is 11.8. The van der Waals surface area contributed by atoms with Crippen molar-refractivity contribution in [2.24, 2.45) is 5.92 Å². The molecule has 2 nitrogen and oxygen atoms in total. The molecule has 0 aromatic heterocycles. The second-order valence-electron chi connectivity index (χ2n) is 5.32. The maximum Gasteiger partial charge on any atom is 0.309 e. The Balaban J connectivity index is 3.58. The highest BCUT2D eigenvalue weighted by Gasteiger charge is 2.17. The first-order valence-corrected chi connectivity index (χ1v) is 7.86. The van der Waals surface area contributed by atoms with Gasteiger partial charge in [0.05, 0.1) is 12.0 Å². The zero-order valence-electron chi connectivity index (χ0n) is 12.8. The van der Waals surface area contributed by atoms with Crippen LogP contribution in [0.1, 0.15) is 85.5 Å². The second-order valence-corrected chi connectivity index (χ2v) is 5.32. The molecule has 2 heteroatoms. The van der Waals surface area contributed by atoms with E-state index in [1.54, 1.807) is 0 Å². The van der Waals surface area contributed by atoms with Gasteiger partial charge < -0.3 is 4.74 Å². The molecule has 0 aliphatic carbocycles. The lowest BCUT2D eigenvalue weighted by Crippen LogP contribution is -2.21. The van der Waals surface area contributed by atoms with Crippen molar-refractivity contribution < 1.29 is 9.53 Å². The molecule has 0 N–H and O–H groups in total. The van der Waals surface area contributed by atoms with Crippen LogP contribution in [0.3, 0.4) is 0 Å². The molecule has 0 heterocycles. The van der Waals surface area contributed by atoms with E-state index in [-0.39, 0.29) is 18.0 Å². The molecule has 108 valence electrons. The molecule has 0 spiro atoms. The first-order valence-electron chi connectivity index (χ1n) is 7.86. The molecule has 0 saturated heterocycles. The minimum atomic E-state index is -0.00140. The molecule has 0 aromatic rings. The van der Waals surface area contributed by atoms with E-state index in [1.807, 2.05) is 20.8 Å². The number of rotatable bonds is 11. The Labute approximate surface area is 113 Å². The van der Waals surface area contributed by atoms with Crippen LogP contribution in [0.25, 0.3) is 0 Å². The van der Waals surface area contributed by atoms with Gasteiger partial charge in [-0.3, -0.25) is 4.79 Å². The van der Waals surface area contributed by atoms with Gasteiger partial charge in [-0.15, -0.1) is 0 Å². The second kappa shape index (κ2) is 11.6. The number of carbonyl (C=O) groups excluding carboxylic acids is 1. The SMILES string of the molecule is CCCCCCCCC(C)OC(=O)C(CC)CC. The van der Waals surface area contributed by atoms with Crippen LogP contribution >= 0.6 is 0 Å². The Morgan fingerprint density at radius 3 is 2.06 bits per heavy atom. The number of carbonyl (C=O) groups is 1. The van der Waals surface area contributed by atoms with Crippen LogP contribution in [0.15, 0.2) is 0 Å². The van der Waals surface area contributed by atoms with Crippen LogP contribution in [0, 0.1) is 5.92 Å². The predicted molar refractivity (Wildman–Crippen MR) is 77.6 cm³/mol. The van der Waals surface area contributed by atoms with Crippen molar-refractivity contribution in [2.75, 3.05) is 0 Å². The van der Waals surface area contributed by atoms with Gasteiger partial charge in [-0.25, -0.2) is 0 Å². The van der Waals surface area contributed by atoms with E-state index >= 15 is 0 Å². The molecular formula is C16H32O2. The van der Waals surface area contributed by atoms with Crippen LogP contribution in [-0.4, -0.2) is 12.1 Å².